The zero-order valence-electron chi connectivity index (χ0n) is 19.7. The van der Waals surface area contributed by atoms with Crippen molar-refractivity contribution in [3.05, 3.63) is 81.4 Å². The molecule has 5 rings (SSSR count). The third-order valence-electron chi connectivity index (χ3n) is 6.85. The SMILES string of the molecule is COc1cc(C)[nH]c(=O)c1CNC(=O)c1c(C)n(CC2CCn3cncc3C2)c2ccccc12. The lowest BCUT2D eigenvalue weighted by Gasteiger charge is -2.25. The van der Waals surface area contributed by atoms with E-state index in [9.17, 15) is 9.59 Å². The Bertz CT molecular complexity index is 1430. The van der Waals surface area contributed by atoms with Crippen molar-refractivity contribution in [1.82, 2.24) is 24.4 Å². The first kappa shape index (κ1) is 22.0. The predicted molar refractivity (Wildman–Crippen MR) is 130 cm³/mol. The van der Waals surface area contributed by atoms with Crippen molar-refractivity contribution in [3.63, 3.8) is 0 Å². The smallest absolute Gasteiger partial charge is 0.256 e. The second kappa shape index (κ2) is 8.85. The van der Waals surface area contributed by atoms with Crippen LogP contribution in [0.2, 0.25) is 0 Å². The molecule has 3 aromatic heterocycles. The Labute approximate surface area is 197 Å². The van der Waals surface area contributed by atoms with Crippen LogP contribution in [0.1, 0.15) is 39.4 Å². The molecule has 4 aromatic rings. The van der Waals surface area contributed by atoms with Gasteiger partial charge in [0.25, 0.3) is 11.5 Å². The molecule has 1 unspecified atom stereocenters. The fraction of sp³-hybridized carbons (Fsp3) is 0.346. The number of rotatable bonds is 6. The summed E-state index contributed by atoms with van der Waals surface area (Å²) in [5.74, 6) is 0.749. The highest BCUT2D eigenvalue weighted by Crippen LogP contribution is 2.29. The maximum absolute atomic E-state index is 13.4. The van der Waals surface area contributed by atoms with Gasteiger partial charge in [-0.15, -0.1) is 0 Å². The molecule has 1 aliphatic heterocycles. The number of H-pyrrole nitrogens is 1. The minimum Gasteiger partial charge on any atom is -0.496 e. The largest absolute Gasteiger partial charge is 0.496 e. The lowest BCUT2D eigenvalue weighted by molar-refractivity contribution is 0.0951. The minimum absolute atomic E-state index is 0.0865. The molecular formula is C26H29N5O3. The summed E-state index contributed by atoms with van der Waals surface area (Å²) < 4.78 is 9.85. The number of amides is 1. The van der Waals surface area contributed by atoms with Crippen LogP contribution in [0, 0.1) is 19.8 Å². The van der Waals surface area contributed by atoms with Crippen LogP contribution in [-0.4, -0.2) is 32.1 Å². The van der Waals surface area contributed by atoms with Crippen molar-refractivity contribution in [3.8, 4) is 5.75 Å². The molecule has 4 heterocycles. The number of benzene rings is 1. The maximum atomic E-state index is 13.4. The number of imidazole rings is 1. The normalized spacial score (nSPS) is 15.3. The van der Waals surface area contributed by atoms with Gasteiger partial charge in [0.15, 0.2) is 0 Å². The van der Waals surface area contributed by atoms with Crippen LogP contribution in [-0.2, 0) is 26.1 Å². The number of aromatic nitrogens is 4. The number of pyridine rings is 1. The van der Waals surface area contributed by atoms with E-state index >= 15 is 0 Å². The fourth-order valence-corrected chi connectivity index (χ4v) is 5.10. The summed E-state index contributed by atoms with van der Waals surface area (Å²) in [7, 11) is 1.52. The number of carbonyl (C=O) groups is 1. The van der Waals surface area contributed by atoms with Crippen LogP contribution < -0.4 is 15.6 Å². The number of para-hydroxylation sites is 1. The van der Waals surface area contributed by atoms with Crippen LogP contribution in [0.5, 0.6) is 5.75 Å². The molecule has 1 aliphatic rings. The number of hydrogen-bond donors (Lipinski definition) is 2. The number of nitrogens with one attached hydrogen (secondary N) is 2. The first-order valence-electron chi connectivity index (χ1n) is 11.6. The van der Waals surface area contributed by atoms with E-state index in [0.717, 1.165) is 42.5 Å². The van der Waals surface area contributed by atoms with E-state index in [1.54, 1.807) is 13.0 Å². The molecule has 1 amide bonds. The summed E-state index contributed by atoms with van der Waals surface area (Å²) in [6.07, 6.45) is 5.90. The van der Waals surface area contributed by atoms with Gasteiger partial charge in [-0.25, -0.2) is 4.98 Å². The Morgan fingerprint density at radius 2 is 2.12 bits per heavy atom. The number of hydrogen-bond acceptors (Lipinski definition) is 4. The van der Waals surface area contributed by atoms with Crippen molar-refractivity contribution in [2.45, 2.75) is 46.3 Å². The fourth-order valence-electron chi connectivity index (χ4n) is 5.10. The van der Waals surface area contributed by atoms with Crippen LogP contribution in [0.3, 0.4) is 0 Å². The Morgan fingerprint density at radius 3 is 2.94 bits per heavy atom. The first-order chi connectivity index (χ1) is 16.5. The molecule has 0 aliphatic carbocycles. The van der Waals surface area contributed by atoms with Crippen LogP contribution in [0.4, 0.5) is 0 Å². The van der Waals surface area contributed by atoms with Gasteiger partial charge in [-0.05, 0) is 44.7 Å². The van der Waals surface area contributed by atoms with E-state index in [-0.39, 0.29) is 18.0 Å². The quantitative estimate of drug-likeness (QED) is 0.462. The number of fused-ring (bicyclic) bond motifs is 2. The number of aryl methyl sites for hydroxylation is 2. The molecule has 0 radical (unpaired) electrons. The van der Waals surface area contributed by atoms with Gasteiger partial charge in [0.05, 0.1) is 31.1 Å². The second-order valence-electron chi connectivity index (χ2n) is 9.04. The summed E-state index contributed by atoms with van der Waals surface area (Å²) in [5.41, 5.74) is 4.76. The van der Waals surface area contributed by atoms with E-state index in [4.69, 9.17) is 4.74 Å². The molecule has 176 valence electrons. The summed E-state index contributed by atoms with van der Waals surface area (Å²) >= 11 is 0. The van der Waals surface area contributed by atoms with Crippen molar-refractivity contribution in [2.75, 3.05) is 7.11 Å². The molecule has 0 fully saturated rings. The highest BCUT2D eigenvalue weighted by molar-refractivity contribution is 6.08. The van der Waals surface area contributed by atoms with E-state index in [2.05, 4.69) is 30.5 Å². The Hall–Kier alpha value is -3.81. The predicted octanol–water partition coefficient (Wildman–Crippen LogP) is 3.34. The van der Waals surface area contributed by atoms with Gasteiger partial charge in [0.1, 0.15) is 5.75 Å². The van der Waals surface area contributed by atoms with Gasteiger partial charge in [0, 0.05) is 47.3 Å². The Morgan fingerprint density at radius 1 is 1.29 bits per heavy atom. The molecule has 34 heavy (non-hydrogen) atoms. The summed E-state index contributed by atoms with van der Waals surface area (Å²) in [6, 6.07) is 9.78. The van der Waals surface area contributed by atoms with Crippen LogP contribution in [0.15, 0.2) is 47.7 Å². The van der Waals surface area contributed by atoms with Gasteiger partial charge >= 0.3 is 0 Å². The molecule has 2 N–H and O–H groups in total. The summed E-state index contributed by atoms with van der Waals surface area (Å²) in [6.45, 7) is 5.70. The average molecular weight is 460 g/mol. The van der Waals surface area contributed by atoms with Crippen molar-refractivity contribution in [1.29, 1.82) is 0 Å². The van der Waals surface area contributed by atoms with Gasteiger partial charge < -0.3 is 24.2 Å². The third kappa shape index (κ3) is 3.89. The lowest BCUT2D eigenvalue weighted by atomic mass is 9.96. The van der Waals surface area contributed by atoms with Gasteiger partial charge in [-0.1, -0.05) is 18.2 Å². The molecule has 1 atom stereocenters. The monoisotopic (exact) mass is 459 g/mol. The maximum Gasteiger partial charge on any atom is 0.256 e. The topological polar surface area (TPSA) is 93.9 Å². The zero-order valence-corrected chi connectivity index (χ0v) is 19.7. The van der Waals surface area contributed by atoms with Gasteiger partial charge in [0.2, 0.25) is 0 Å². The molecule has 0 saturated heterocycles. The van der Waals surface area contributed by atoms with Crippen LogP contribution >= 0.6 is 0 Å². The number of methoxy groups -OCH3 is 1. The number of aromatic amines is 1. The number of ether oxygens (including phenoxy) is 1. The molecule has 8 heteroatoms. The molecular weight excluding hydrogens is 430 g/mol. The zero-order chi connectivity index (χ0) is 23.8. The summed E-state index contributed by atoms with van der Waals surface area (Å²) in [4.78, 5) is 32.9. The Balaban J connectivity index is 1.43. The van der Waals surface area contributed by atoms with E-state index < -0.39 is 0 Å². The molecule has 8 nitrogen and oxygen atoms in total. The van der Waals surface area contributed by atoms with Crippen molar-refractivity contribution >= 4 is 16.8 Å². The van der Waals surface area contributed by atoms with Crippen LogP contribution in [0.25, 0.3) is 10.9 Å². The molecule has 0 saturated carbocycles. The van der Waals surface area contributed by atoms with Crippen molar-refractivity contribution in [2.24, 2.45) is 5.92 Å². The summed E-state index contributed by atoms with van der Waals surface area (Å²) in [5, 5.41) is 3.87. The van der Waals surface area contributed by atoms with Gasteiger partial charge in [-0.2, -0.15) is 0 Å². The first-order valence-corrected chi connectivity index (χ1v) is 11.6. The number of nitrogens with zero attached hydrogens (tertiary/aromatic N) is 3. The minimum atomic E-state index is -0.257. The molecule has 0 spiro atoms. The van der Waals surface area contributed by atoms with E-state index in [1.807, 2.05) is 37.6 Å². The molecule has 0 bridgehead atoms. The average Bonchev–Trinajstić information content (AvgIpc) is 3.40. The highest BCUT2D eigenvalue weighted by atomic mass is 16.5. The molecule has 1 aromatic carbocycles. The number of carbonyl (C=O) groups excluding carboxylic acids is 1. The van der Waals surface area contributed by atoms with Gasteiger partial charge in [-0.3, -0.25) is 9.59 Å². The standard InChI is InChI=1S/C26H29N5O3/c1-16-10-23(34-3)21(25(32)29-16)13-28-26(33)24-17(2)31(22-7-5-4-6-20(22)24)14-18-8-9-30-15-27-12-19(30)11-18/h4-7,10,12,15,18H,8-9,11,13-14H2,1-3H3,(H,28,33)(H,29,32). The second-order valence-corrected chi connectivity index (χ2v) is 9.04. The third-order valence-corrected chi connectivity index (χ3v) is 6.85. The highest BCUT2D eigenvalue weighted by Gasteiger charge is 2.24. The lowest BCUT2D eigenvalue weighted by Crippen LogP contribution is -2.28. The van der Waals surface area contributed by atoms with E-state index in [0.29, 0.717) is 28.5 Å². The van der Waals surface area contributed by atoms with E-state index in [1.165, 1.54) is 12.8 Å². The Kier molecular flexibility index (Phi) is 5.73. The van der Waals surface area contributed by atoms with Crippen molar-refractivity contribution < 1.29 is 9.53 Å².